The summed E-state index contributed by atoms with van der Waals surface area (Å²) in [4.78, 5) is 23.8. The number of amides is 2. The summed E-state index contributed by atoms with van der Waals surface area (Å²) in [6, 6.07) is 3.54. The lowest BCUT2D eigenvalue weighted by Crippen LogP contribution is -2.38. The number of hydrogen-bond acceptors (Lipinski definition) is 4. The Hall–Kier alpha value is -1.66. The Morgan fingerprint density at radius 1 is 1.37 bits per heavy atom. The second-order valence-corrected chi connectivity index (χ2v) is 5.20. The van der Waals surface area contributed by atoms with Crippen LogP contribution in [-0.2, 0) is 4.79 Å². The van der Waals surface area contributed by atoms with Crippen LogP contribution in [0.25, 0.3) is 0 Å². The summed E-state index contributed by atoms with van der Waals surface area (Å²) >= 11 is 1.36. The van der Waals surface area contributed by atoms with Crippen LogP contribution in [0.3, 0.4) is 0 Å². The van der Waals surface area contributed by atoms with Gasteiger partial charge in [0.25, 0.3) is 5.91 Å². The first-order valence-electron chi connectivity index (χ1n) is 6.23. The van der Waals surface area contributed by atoms with E-state index in [9.17, 15) is 9.59 Å². The van der Waals surface area contributed by atoms with E-state index in [0.717, 1.165) is 19.5 Å². The highest BCUT2D eigenvalue weighted by Crippen LogP contribution is 2.07. The summed E-state index contributed by atoms with van der Waals surface area (Å²) < 4.78 is 0. The average Bonchev–Trinajstić information content (AvgIpc) is 2.98. The van der Waals surface area contributed by atoms with Gasteiger partial charge in [-0.15, -0.1) is 11.3 Å². The molecule has 2 heterocycles. The molecule has 0 spiro atoms. The van der Waals surface area contributed by atoms with Gasteiger partial charge in [-0.2, -0.15) is 0 Å². The molecular formula is C13H17N3O2S. The summed E-state index contributed by atoms with van der Waals surface area (Å²) in [6.45, 7) is 2.40. The van der Waals surface area contributed by atoms with E-state index in [-0.39, 0.29) is 18.4 Å². The molecule has 0 aliphatic carbocycles. The summed E-state index contributed by atoms with van der Waals surface area (Å²) in [7, 11) is 0. The number of nitrogens with one attached hydrogen (secondary N) is 3. The van der Waals surface area contributed by atoms with Crippen LogP contribution < -0.4 is 16.0 Å². The molecule has 0 unspecified atom stereocenters. The molecule has 1 aliphatic heterocycles. The van der Waals surface area contributed by atoms with E-state index < -0.39 is 0 Å². The molecule has 0 aromatic carbocycles. The molecule has 2 amide bonds. The van der Waals surface area contributed by atoms with Crippen molar-refractivity contribution in [2.45, 2.75) is 6.42 Å². The second kappa shape index (κ2) is 7.06. The first-order valence-corrected chi connectivity index (χ1v) is 7.10. The van der Waals surface area contributed by atoms with E-state index in [0.29, 0.717) is 11.4 Å². The van der Waals surface area contributed by atoms with E-state index in [1.807, 2.05) is 11.4 Å². The average molecular weight is 279 g/mol. The lowest BCUT2D eigenvalue weighted by molar-refractivity contribution is -0.119. The zero-order chi connectivity index (χ0) is 13.5. The minimum absolute atomic E-state index is 0.0161. The first kappa shape index (κ1) is 13.8. The van der Waals surface area contributed by atoms with Crippen molar-refractivity contribution in [2.24, 2.45) is 0 Å². The minimum Gasteiger partial charge on any atom is -0.351 e. The van der Waals surface area contributed by atoms with E-state index in [1.165, 1.54) is 16.9 Å². The highest BCUT2D eigenvalue weighted by molar-refractivity contribution is 7.12. The third-order valence-corrected chi connectivity index (χ3v) is 3.69. The molecule has 0 saturated heterocycles. The van der Waals surface area contributed by atoms with Gasteiger partial charge in [0, 0.05) is 13.1 Å². The number of carbonyl (C=O) groups excluding carboxylic acids is 2. The number of carbonyl (C=O) groups is 2. The quantitative estimate of drug-likeness (QED) is 0.688. The number of rotatable bonds is 5. The van der Waals surface area contributed by atoms with Crippen molar-refractivity contribution in [2.75, 3.05) is 26.2 Å². The Labute approximate surface area is 116 Å². The molecule has 0 saturated carbocycles. The zero-order valence-corrected chi connectivity index (χ0v) is 11.4. The van der Waals surface area contributed by atoms with Crippen LogP contribution in [0.2, 0.25) is 0 Å². The molecule has 0 radical (unpaired) electrons. The molecule has 0 fully saturated rings. The molecule has 0 bridgehead atoms. The lowest BCUT2D eigenvalue weighted by Gasteiger charge is -2.14. The molecular weight excluding hydrogens is 262 g/mol. The monoisotopic (exact) mass is 279 g/mol. The van der Waals surface area contributed by atoms with Crippen LogP contribution in [0.5, 0.6) is 0 Å². The summed E-state index contributed by atoms with van der Waals surface area (Å²) in [6.07, 6.45) is 3.05. The van der Waals surface area contributed by atoms with Gasteiger partial charge in [-0.1, -0.05) is 17.7 Å². The van der Waals surface area contributed by atoms with Crippen molar-refractivity contribution in [3.8, 4) is 0 Å². The van der Waals surface area contributed by atoms with E-state index in [1.54, 1.807) is 6.07 Å². The highest BCUT2D eigenvalue weighted by Gasteiger charge is 2.09. The third kappa shape index (κ3) is 4.50. The Morgan fingerprint density at radius 3 is 2.95 bits per heavy atom. The topological polar surface area (TPSA) is 70.2 Å². The van der Waals surface area contributed by atoms with Crippen LogP contribution in [-0.4, -0.2) is 38.0 Å². The van der Waals surface area contributed by atoms with Crippen molar-refractivity contribution in [3.05, 3.63) is 34.0 Å². The third-order valence-electron chi connectivity index (χ3n) is 2.83. The fourth-order valence-corrected chi connectivity index (χ4v) is 2.40. The Kier molecular flexibility index (Phi) is 5.11. The SMILES string of the molecule is O=C(CNC(=O)c1cccs1)NCC1=CCNCC1. The fraction of sp³-hybridized carbons (Fsp3) is 0.385. The summed E-state index contributed by atoms with van der Waals surface area (Å²) in [5.74, 6) is -0.365. The van der Waals surface area contributed by atoms with Gasteiger partial charge < -0.3 is 16.0 Å². The first-order chi connectivity index (χ1) is 9.25. The van der Waals surface area contributed by atoms with Gasteiger partial charge in [-0.3, -0.25) is 9.59 Å². The van der Waals surface area contributed by atoms with Crippen molar-refractivity contribution in [1.82, 2.24) is 16.0 Å². The maximum Gasteiger partial charge on any atom is 0.261 e. The van der Waals surface area contributed by atoms with Gasteiger partial charge in [0.1, 0.15) is 0 Å². The van der Waals surface area contributed by atoms with Gasteiger partial charge in [-0.25, -0.2) is 0 Å². The van der Waals surface area contributed by atoms with E-state index >= 15 is 0 Å². The number of thiophene rings is 1. The minimum atomic E-state index is -0.203. The zero-order valence-electron chi connectivity index (χ0n) is 10.6. The molecule has 5 nitrogen and oxygen atoms in total. The lowest BCUT2D eigenvalue weighted by atomic mass is 10.1. The molecule has 102 valence electrons. The van der Waals surface area contributed by atoms with Gasteiger partial charge in [0.15, 0.2) is 0 Å². The van der Waals surface area contributed by atoms with Gasteiger partial charge in [0.2, 0.25) is 5.91 Å². The van der Waals surface area contributed by atoms with E-state index in [2.05, 4.69) is 22.0 Å². The van der Waals surface area contributed by atoms with Crippen LogP contribution in [0.15, 0.2) is 29.2 Å². The van der Waals surface area contributed by atoms with Gasteiger partial charge in [-0.05, 0) is 24.4 Å². The maximum atomic E-state index is 11.6. The molecule has 3 N–H and O–H groups in total. The normalized spacial score (nSPS) is 14.6. The summed E-state index contributed by atoms with van der Waals surface area (Å²) in [5.41, 5.74) is 1.23. The van der Waals surface area contributed by atoms with Crippen molar-refractivity contribution in [1.29, 1.82) is 0 Å². The predicted octanol–water partition coefficient (Wildman–Crippen LogP) is 0.514. The molecule has 1 aromatic rings. The largest absolute Gasteiger partial charge is 0.351 e. The fourth-order valence-electron chi connectivity index (χ4n) is 1.76. The number of hydrogen-bond donors (Lipinski definition) is 3. The van der Waals surface area contributed by atoms with Crippen molar-refractivity contribution < 1.29 is 9.59 Å². The van der Waals surface area contributed by atoms with Crippen LogP contribution >= 0.6 is 11.3 Å². The highest BCUT2D eigenvalue weighted by atomic mass is 32.1. The molecule has 19 heavy (non-hydrogen) atoms. The Morgan fingerprint density at radius 2 is 2.26 bits per heavy atom. The molecule has 6 heteroatoms. The predicted molar refractivity (Wildman–Crippen MR) is 75.2 cm³/mol. The van der Waals surface area contributed by atoms with Crippen LogP contribution in [0.4, 0.5) is 0 Å². The van der Waals surface area contributed by atoms with E-state index in [4.69, 9.17) is 0 Å². The smallest absolute Gasteiger partial charge is 0.261 e. The Balaban J connectivity index is 1.67. The molecule has 2 rings (SSSR count). The second-order valence-electron chi connectivity index (χ2n) is 4.25. The van der Waals surface area contributed by atoms with Crippen molar-refractivity contribution >= 4 is 23.2 Å². The molecule has 1 aromatic heterocycles. The standard InChI is InChI=1S/C13H17N3O2S/c17-12(15-8-10-3-5-14-6-4-10)9-16-13(18)11-2-1-7-19-11/h1-3,7,14H,4-6,8-9H2,(H,15,17)(H,16,18). The van der Waals surface area contributed by atoms with Gasteiger partial charge >= 0.3 is 0 Å². The maximum absolute atomic E-state index is 11.6. The summed E-state index contributed by atoms with van der Waals surface area (Å²) in [5, 5.41) is 10.5. The Bertz CT molecular complexity index is 468. The van der Waals surface area contributed by atoms with Crippen LogP contribution in [0.1, 0.15) is 16.1 Å². The van der Waals surface area contributed by atoms with Gasteiger partial charge in [0.05, 0.1) is 11.4 Å². The van der Waals surface area contributed by atoms with Crippen molar-refractivity contribution in [3.63, 3.8) is 0 Å². The molecule has 1 aliphatic rings. The van der Waals surface area contributed by atoms with Crippen LogP contribution in [0, 0.1) is 0 Å². The molecule has 0 atom stereocenters.